The van der Waals surface area contributed by atoms with Crippen molar-refractivity contribution in [2.24, 2.45) is 0 Å². The minimum Gasteiger partial charge on any atom is -0.340 e. The van der Waals surface area contributed by atoms with Gasteiger partial charge in [0.1, 0.15) is 16.4 Å². The molecule has 6 nitrogen and oxygen atoms in total. The van der Waals surface area contributed by atoms with Gasteiger partial charge in [-0.15, -0.1) is 0 Å². The SMILES string of the molecule is CCN1CCn2cc(S(=O)(=O)Nc3cc(F)ccc3C)cc2C1=O. The number of nitrogens with one attached hydrogen (secondary N) is 1. The van der Waals surface area contributed by atoms with Gasteiger partial charge in [-0.2, -0.15) is 0 Å². The topological polar surface area (TPSA) is 71.4 Å². The maximum atomic E-state index is 13.4. The second kappa shape index (κ2) is 5.94. The number of hydrogen-bond acceptors (Lipinski definition) is 3. The predicted octanol–water partition coefficient (Wildman–Crippen LogP) is 2.21. The van der Waals surface area contributed by atoms with Crippen LogP contribution < -0.4 is 4.72 Å². The van der Waals surface area contributed by atoms with Crippen LogP contribution in [0.4, 0.5) is 10.1 Å². The number of benzene rings is 1. The van der Waals surface area contributed by atoms with Gasteiger partial charge >= 0.3 is 0 Å². The highest BCUT2D eigenvalue weighted by molar-refractivity contribution is 7.92. The highest BCUT2D eigenvalue weighted by atomic mass is 32.2. The Balaban J connectivity index is 1.94. The van der Waals surface area contributed by atoms with E-state index in [1.54, 1.807) is 16.4 Å². The predicted molar refractivity (Wildman–Crippen MR) is 88.0 cm³/mol. The number of sulfonamides is 1. The molecule has 1 aliphatic heterocycles. The summed E-state index contributed by atoms with van der Waals surface area (Å²) in [6, 6.07) is 5.26. The van der Waals surface area contributed by atoms with Crippen molar-refractivity contribution in [3.8, 4) is 0 Å². The Morgan fingerprint density at radius 3 is 2.71 bits per heavy atom. The van der Waals surface area contributed by atoms with Crippen molar-refractivity contribution in [3.63, 3.8) is 0 Å². The van der Waals surface area contributed by atoms with Crippen LogP contribution in [0.2, 0.25) is 0 Å². The summed E-state index contributed by atoms with van der Waals surface area (Å²) in [6.45, 7) is 5.23. The molecular formula is C16H18FN3O3S. The molecule has 1 aromatic carbocycles. The molecule has 1 aromatic heterocycles. The summed E-state index contributed by atoms with van der Waals surface area (Å²) in [4.78, 5) is 13.9. The van der Waals surface area contributed by atoms with Crippen molar-refractivity contribution in [2.75, 3.05) is 17.8 Å². The fourth-order valence-electron chi connectivity index (χ4n) is 2.70. The van der Waals surface area contributed by atoms with E-state index in [0.717, 1.165) is 6.07 Å². The van der Waals surface area contributed by atoms with Crippen LogP contribution in [0.25, 0.3) is 0 Å². The Bertz CT molecular complexity index is 905. The maximum absolute atomic E-state index is 13.4. The van der Waals surface area contributed by atoms with E-state index in [9.17, 15) is 17.6 Å². The van der Waals surface area contributed by atoms with E-state index in [1.165, 1.54) is 24.4 Å². The third kappa shape index (κ3) is 2.89. The average Bonchev–Trinajstić information content (AvgIpc) is 2.97. The van der Waals surface area contributed by atoms with Gasteiger partial charge in [-0.1, -0.05) is 6.07 Å². The molecule has 0 bridgehead atoms. The number of hydrogen-bond donors (Lipinski definition) is 1. The van der Waals surface area contributed by atoms with Gasteiger partial charge in [-0.05, 0) is 37.6 Å². The summed E-state index contributed by atoms with van der Waals surface area (Å²) in [5.74, 6) is -0.713. The lowest BCUT2D eigenvalue weighted by atomic mass is 10.2. The van der Waals surface area contributed by atoms with E-state index in [2.05, 4.69) is 4.72 Å². The Hall–Kier alpha value is -2.35. The lowest BCUT2D eigenvalue weighted by molar-refractivity contribution is 0.0715. The number of likely N-dealkylation sites (N-methyl/N-ethyl adjacent to an activating group) is 1. The molecule has 0 saturated carbocycles. The quantitative estimate of drug-likeness (QED) is 0.918. The molecule has 0 spiro atoms. The summed E-state index contributed by atoms with van der Waals surface area (Å²) in [7, 11) is -3.90. The summed E-state index contributed by atoms with van der Waals surface area (Å²) in [5.41, 5.74) is 1.14. The number of carbonyl (C=O) groups excluding carboxylic acids is 1. The van der Waals surface area contributed by atoms with Crippen LogP contribution >= 0.6 is 0 Å². The molecule has 3 rings (SSSR count). The van der Waals surface area contributed by atoms with Crippen LogP contribution in [0, 0.1) is 12.7 Å². The van der Waals surface area contributed by atoms with Crippen LogP contribution in [0.3, 0.4) is 0 Å². The van der Waals surface area contributed by atoms with E-state index in [-0.39, 0.29) is 16.5 Å². The molecule has 1 amide bonds. The molecule has 0 fully saturated rings. The van der Waals surface area contributed by atoms with Crippen molar-refractivity contribution in [3.05, 3.63) is 47.5 Å². The highest BCUT2D eigenvalue weighted by Gasteiger charge is 2.27. The normalized spacial score (nSPS) is 14.6. The van der Waals surface area contributed by atoms with Gasteiger partial charge in [-0.25, -0.2) is 12.8 Å². The van der Waals surface area contributed by atoms with E-state index >= 15 is 0 Å². The molecule has 1 aliphatic rings. The second-order valence-electron chi connectivity index (χ2n) is 5.70. The molecule has 0 unspecified atom stereocenters. The zero-order valence-corrected chi connectivity index (χ0v) is 14.2. The van der Waals surface area contributed by atoms with Crippen molar-refractivity contribution in [1.82, 2.24) is 9.47 Å². The standard InChI is InChI=1S/C16H18FN3O3S/c1-3-19-6-7-20-10-13(9-15(20)16(19)21)24(22,23)18-14-8-12(17)5-4-11(14)2/h4-5,8-10,18H,3,6-7H2,1-2H3. The zero-order valence-electron chi connectivity index (χ0n) is 13.4. The summed E-state index contributed by atoms with van der Waals surface area (Å²) >= 11 is 0. The Morgan fingerprint density at radius 1 is 1.25 bits per heavy atom. The van der Waals surface area contributed by atoms with Gasteiger partial charge in [0.15, 0.2) is 0 Å². The lowest BCUT2D eigenvalue weighted by Gasteiger charge is -2.26. The largest absolute Gasteiger partial charge is 0.340 e. The van der Waals surface area contributed by atoms with Gasteiger partial charge in [-0.3, -0.25) is 9.52 Å². The number of nitrogens with zero attached hydrogens (tertiary/aromatic N) is 2. The monoisotopic (exact) mass is 351 g/mol. The average molecular weight is 351 g/mol. The molecule has 2 aromatic rings. The van der Waals surface area contributed by atoms with E-state index in [0.29, 0.717) is 30.9 Å². The van der Waals surface area contributed by atoms with Crippen LogP contribution in [-0.4, -0.2) is 36.9 Å². The molecule has 128 valence electrons. The Morgan fingerprint density at radius 2 is 2.00 bits per heavy atom. The number of aromatic nitrogens is 1. The Kier molecular flexibility index (Phi) is 4.08. The molecule has 0 radical (unpaired) electrons. The first-order chi connectivity index (χ1) is 11.3. The molecule has 0 saturated heterocycles. The summed E-state index contributed by atoms with van der Waals surface area (Å²) in [5, 5.41) is 0. The first-order valence-corrected chi connectivity index (χ1v) is 9.08. The first-order valence-electron chi connectivity index (χ1n) is 7.60. The number of anilines is 1. The Labute approximate surface area is 139 Å². The number of rotatable bonds is 4. The van der Waals surface area contributed by atoms with Crippen molar-refractivity contribution in [2.45, 2.75) is 25.3 Å². The van der Waals surface area contributed by atoms with Crippen LogP contribution in [0.1, 0.15) is 23.0 Å². The first kappa shape index (κ1) is 16.5. The fourth-order valence-corrected chi connectivity index (χ4v) is 3.86. The molecule has 8 heteroatoms. The van der Waals surface area contributed by atoms with Gasteiger partial charge in [0, 0.05) is 25.8 Å². The van der Waals surface area contributed by atoms with E-state index in [1.807, 2.05) is 6.92 Å². The van der Waals surface area contributed by atoms with Crippen LogP contribution in [0.5, 0.6) is 0 Å². The van der Waals surface area contributed by atoms with Crippen molar-refractivity contribution in [1.29, 1.82) is 0 Å². The minimum absolute atomic E-state index is 0.00698. The second-order valence-corrected chi connectivity index (χ2v) is 7.39. The lowest BCUT2D eigenvalue weighted by Crippen LogP contribution is -2.39. The number of aryl methyl sites for hydroxylation is 1. The van der Waals surface area contributed by atoms with Crippen LogP contribution in [0.15, 0.2) is 35.4 Å². The highest BCUT2D eigenvalue weighted by Crippen LogP contribution is 2.24. The molecule has 1 N–H and O–H groups in total. The molecule has 2 heterocycles. The molecule has 0 atom stereocenters. The molecule has 0 aliphatic carbocycles. The molecular weight excluding hydrogens is 333 g/mol. The summed E-state index contributed by atoms with van der Waals surface area (Å²) in [6.07, 6.45) is 1.44. The van der Waals surface area contributed by atoms with Gasteiger partial charge in [0.05, 0.1) is 5.69 Å². The maximum Gasteiger partial charge on any atom is 0.270 e. The zero-order chi connectivity index (χ0) is 17.5. The van der Waals surface area contributed by atoms with Crippen molar-refractivity contribution < 1.29 is 17.6 Å². The van der Waals surface area contributed by atoms with Gasteiger partial charge < -0.3 is 9.47 Å². The third-order valence-corrected chi connectivity index (χ3v) is 5.46. The third-order valence-electron chi connectivity index (χ3n) is 4.12. The molecule has 24 heavy (non-hydrogen) atoms. The van der Waals surface area contributed by atoms with E-state index < -0.39 is 15.8 Å². The smallest absolute Gasteiger partial charge is 0.270 e. The summed E-state index contributed by atoms with van der Waals surface area (Å²) < 4.78 is 42.5. The van der Waals surface area contributed by atoms with E-state index in [4.69, 9.17) is 0 Å². The number of fused-ring (bicyclic) bond motifs is 1. The van der Waals surface area contributed by atoms with Gasteiger partial charge in [0.2, 0.25) is 0 Å². The fraction of sp³-hybridized carbons (Fsp3) is 0.312. The van der Waals surface area contributed by atoms with Gasteiger partial charge in [0.25, 0.3) is 15.9 Å². The number of amides is 1. The van der Waals surface area contributed by atoms with Crippen molar-refractivity contribution >= 4 is 21.6 Å². The minimum atomic E-state index is -3.90. The number of carbonyl (C=O) groups is 1. The van der Waals surface area contributed by atoms with Crippen LogP contribution in [-0.2, 0) is 16.6 Å². The number of halogens is 1.